The molecule has 3 amide bonds. The van der Waals surface area contributed by atoms with Gasteiger partial charge in [-0.05, 0) is 27.7 Å². The van der Waals surface area contributed by atoms with Crippen molar-refractivity contribution >= 4 is 18.4 Å². The van der Waals surface area contributed by atoms with E-state index >= 15 is 0 Å². The van der Waals surface area contributed by atoms with Crippen LogP contribution in [0.2, 0.25) is 0 Å². The van der Waals surface area contributed by atoms with Crippen LogP contribution in [0, 0.1) is 5.92 Å². The Morgan fingerprint density at radius 2 is 2.00 bits per heavy atom. The van der Waals surface area contributed by atoms with Crippen molar-refractivity contribution in [3.63, 3.8) is 0 Å². The molecule has 7 heteroatoms. The summed E-state index contributed by atoms with van der Waals surface area (Å²) < 4.78 is 5.20. The van der Waals surface area contributed by atoms with Crippen LogP contribution in [0.4, 0.5) is 4.79 Å². The first-order valence-electron chi connectivity index (χ1n) is 5.75. The fourth-order valence-electron chi connectivity index (χ4n) is 1.67. The van der Waals surface area contributed by atoms with Gasteiger partial charge in [-0.1, -0.05) is 0 Å². The van der Waals surface area contributed by atoms with Crippen LogP contribution in [0.5, 0.6) is 0 Å². The highest BCUT2D eigenvalue weighted by Gasteiger charge is 2.44. The van der Waals surface area contributed by atoms with Crippen molar-refractivity contribution in [1.29, 1.82) is 0 Å². The molecule has 1 fully saturated rings. The molecule has 0 radical (unpaired) electrons. The zero-order chi connectivity index (χ0) is 13.9. The first-order valence-corrected chi connectivity index (χ1v) is 5.75. The standard InChI is InChI=1S/C11H19N3O4/c1-7-8(9(16)13-12-6-15)5-14(7)10(17)18-11(2,3)4/h6-8H,5H2,1-4H3,(H,12,15)(H,13,16)/t7-,8+/m1/s1. The maximum Gasteiger partial charge on any atom is 0.410 e. The molecule has 1 saturated heterocycles. The summed E-state index contributed by atoms with van der Waals surface area (Å²) >= 11 is 0. The number of hydrogen-bond acceptors (Lipinski definition) is 4. The van der Waals surface area contributed by atoms with E-state index in [2.05, 4.69) is 10.9 Å². The molecule has 0 unspecified atom stereocenters. The van der Waals surface area contributed by atoms with Crippen molar-refractivity contribution in [2.24, 2.45) is 5.92 Å². The number of hydrogen-bond donors (Lipinski definition) is 2. The number of amides is 3. The molecule has 1 aliphatic heterocycles. The molecule has 2 N–H and O–H groups in total. The van der Waals surface area contributed by atoms with Crippen LogP contribution < -0.4 is 10.9 Å². The smallest absolute Gasteiger partial charge is 0.410 e. The van der Waals surface area contributed by atoms with E-state index in [9.17, 15) is 14.4 Å². The van der Waals surface area contributed by atoms with Crippen LogP contribution in [-0.4, -0.2) is 41.5 Å². The van der Waals surface area contributed by atoms with Gasteiger partial charge in [0, 0.05) is 12.6 Å². The number of carbonyl (C=O) groups excluding carboxylic acids is 3. The normalized spacial score (nSPS) is 22.8. The molecule has 2 atom stereocenters. The Labute approximate surface area is 106 Å². The van der Waals surface area contributed by atoms with E-state index in [1.165, 1.54) is 4.90 Å². The summed E-state index contributed by atoms with van der Waals surface area (Å²) in [4.78, 5) is 34.8. The second-order valence-corrected chi connectivity index (χ2v) is 5.23. The second-order valence-electron chi connectivity index (χ2n) is 5.23. The largest absolute Gasteiger partial charge is 0.444 e. The predicted molar refractivity (Wildman–Crippen MR) is 63.2 cm³/mol. The van der Waals surface area contributed by atoms with E-state index in [4.69, 9.17) is 4.74 Å². The zero-order valence-corrected chi connectivity index (χ0v) is 11.0. The number of nitrogens with one attached hydrogen (secondary N) is 2. The van der Waals surface area contributed by atoms with Crippen LogP contribution in [0.25, 0.3) is 0 Å². The first-order chi connectivity index (χ1) is 8.26. The van der Waals surface area contributed by atoms with Gasteiger partial charge < -0.3 is 9.64 Å². The number of ether oxygens (including phenoxy) is 1. The van der Waals surface area contributed by atoms with Crippen LogP contribution in [0.3, 0.4) is 0 Å². The highest BCUT2D eigenvalue weighted by Crippen LogP contribution is 2.26. The Morgan fingerprint density at radius 3 is 2.44 bits per heavy atom. The van der Waals surface area contributed by atoms with Gasteiger partial charge in [0.15, 0.2) is 0 Å². The van der Waals surface area contributed by atoms with Crippen molar-refractivity contribution < 1.29 is 19.1 Å². The average molecular weight is 257 g/mol. The molecule has 0 saturated carbocycles. The summed E-state index contributed by atoms with van der Waals surface area (Å²) in [6.45, 7) is 7.41. The van der Waals surface area contributed by atoms with Crippen molar-refractivity contribution in [3.05, 3.63) is 0 Å². The second kappa shape index (κ2) is 5.24. The average Bonchev–Trinajstić information content (AvgIpc) is 2.21. The molecule has 0 aliphatic carbocycles. The number of rotatable bonds is 3. The molecule has 1 rings (SSSR count). The molecular weight excluding hydrogens is 238 g/mol. The van der Waals surface area contributed by atoms with Crippen LogP contribution in [-0.2, 0) is 14.3 Å². The topological polar surface area (TPSA) is 87.7 Å². The summed E-state index contributed by atoms with van der Waals surface area (Å²) in [6.07, 6.45) is -0.0465. The molecule has 7 nitrogen and oxygen atoms in total. The molecule has 0 aromatic carbocycles. The fraction of sp³-hybridized carbons (Fsp3) is 0.727. The third-order valence-corrected chi connectivity index (χ3v) is 2.69. The number of likely N-dealkylation sites (tertiary alicyclic amines) is 1. The first kappa shape index (κ1) is 14.3. The lowest BCUT2D eigenvalue weighted by atomic mass is 9.90. The molecule has 1 heterocycles. The van der Waals surface area contributed by atoms with Gasteiger partial charge in [0.2, 0.25) is 12.3 Å². The minimum absolute atomic E-state index is 0.242. The summed E-state index contributed by atoms with van der Waals surface area (Å²) in [5.74, 6) is -0.639. The van der Waals surface area contributed by atoms with Gasteiger partial charge in [-0.15, -0.1) is 0 Å². The summed E-state index contributed by atoms with van der Waals surface area (Å²) in [7, 11) is 0. The lowest BCUT2D eigenvalue weighted by molar-refractivity contribution is -0.135. The SMILES string of the molecule is C[C@@H]1[C@@H](C(=O)NNC=O)CN1C(=O)OC(C)(C)C. The van der Waals surface area contributed by atoms with Crippen LogP contribution >= 0.6 is 0 Å². The summed E-state index contributed by atoms with van der Waals surface area (Å²) in [5.41, 5.74) is 3.77. The molecule has 0 aromatic heterocycles. The van der Waals surface area contributed by atoms with Gasteiger partial charge in [-0.3, -0.25) is 20.4 Å². The number of carbonyl (C=O) groups is 3. The van der Waals surface area contributed by atoms with Gasteiger partial charge in [-0.2, -0.15) is 0 Å². The predicted octanol–water partition coefficient (Wildman–Crippen LogP) is 0.0190. The molecule has 1 aliphatic rings. The molecule has 18 heavy (non-hydrogen) atoms. The van der Waals surface area contributed by atoms with E-state index in [1.54, 1.807) is 27.7 Å². The molecule has 0 aromatic rings. The minimum atomic E-state index is -0.552. The number of nitrogens with zero attached hydrogens (tertiary/aromatic N) is 1. The van der Waals surface area contributed by atoms with Crippen molar-refractivity contribution in [3.8, 4) is 0 Å². The lowest BCUT2D eigenvalue weighted by Crippen LogP contribution is -2.63. The molecule has 102 valence electrons. The molecule has 0 bridgehead atoms. The fourth-order valence-corrected chi connectivity index (χ4v) is 1.67. The van der Waals surface area contributed by atoms with Crippen LogP contribution in [0.1, 0.15) is 27.7 Å². The van der Waals surface area contributed by atoms with Crippen molar-refractivity contribution in [1.82, 2.24) is 15.8 Å². The van der Waals surface area contributed by atoms with Crippen molar-refractivity contribution in [2.75, 3.05) is 6.54 Å². The van der Waals surface area contributed by atoms with Gasteiger partial charge >= 0.3 is 6.09 Å². The highest BCUT2D eigenvalue weighted by atomic mass is 16.6. The molecular formula is C11H19N3O4. The van der Waals surface area contributed by atoms with E-state index in [0.717, 1.165) is 0 Å². The Balaban J connectivity index is 2.45. The third-order valence-electron chi connectivity index (χ3n) is 2.69. The Bertz CT molecular complexity index is 351. The van der Waals surface area contributed by atoms with E-state index in [1.807, 2.05) is 0 Å². The van der Waals surface area contributed by atoms with Gasteiger partial charge in [0.1, 0.15) is 5.60 Å². The quantitative estimate of drug-likeness (QED) is 0.551. The lowest BCUT2D eigenvalue weighted by Gasteiger charge is -2.45. The minimum Gasteiger partial charge on any atom is -0.444 e. The van der Waals surface area contributed by atoms with E-state index < -0.39 is 11.7 Å². The van der Waals surface area contributed by atoms with Gasteiger partial charge in [0.05, 0.1) is 5.92 Å². The third kappa shape index (κ3) is 3.35. The monoisotopic (exact) mass is 257 g/mol. The summed E-state index contributed by atoms with van der Waals surface area (Å²) in [6, 6.07) is -0.242. The Morgan fingerprint density at radius 1 is 1.39 bits per heavy atom. The summed E-state index contributed by atoms with van der Waals surface area (Å²) in [5, 5.41) is 0. The van der Waals surface area contributed by atoms with E-state index in [-0.39, 0.29) is 17.9 Å². The molecule has 0 spiro atoms. The maximum atomic E-state index is 11.7. The van der Waals surface area contributed by atoms with Gasteiger partial charge in [-0.25, -0.2) is 4.79 Å². The Hall–Kier alpha value is -1.79. The van der Waals surface area contributed by atoms with Crippen LogP contribution in [0.15, 0.2) is 0 Å². The van der Waals surface area contributed by atoms with Crippen molar-refractivity contribution in [2.45, 2.75) is 39.3 Å². The van der Waals surface area contributed by atoms with E-state index in [0.29, 0.717) is 13.0 Å². The number of hydrazine groups is 1. The highest BCUT2D eigenvalue weighted by molar-refractivity contribution is 5.83. The van der Waals surface area contributed by atoms with Gasteiger partial charge in [0.25, 0.3) is 0 Å². The zero-order valence-electron chi connectivity index (χ0n) is 11.0. The maximum absolute atomic E-state index is 11.7. The Kier molecular flexibility index (Phi) is 4.15.